The number of thiophene rings is 1. The van der Waals surface area contributed by atoms with E-state index in [0.29, 0.717) is 23.2 Å². The van der Waals surface area contributed by atoms with Crippen LogP contribution in [0.15, 0.2) is 40.9 Å². The zero-order chi connectivity index (χ0) is 19.7. The van der Waals surface area contributed by atoms with E-state index in [4.69, 9.17) is 4.74 Å². The standard InChI is InChI=1S/C20H20N4O2S2/c1-4-7-15(25)24-14-9-6-5-8-13(14)16-18(21-20(27-3)23-22-16)26-19(24)17-12(2)10-11-28-17/h5-6,8-11,19H,4,7H2,1-3H3/t19-/m0/s1. The highest BCUT2D eigenvalue weighted by Gasteiger charge is 2.36. The van der Waals surface area contributed by atoms with Crippen LogP contribution in [-0.4, -0.2) is 27.3 Å². The highest BCUT2D eigenvalue weighted by Crippen LogP contribution is 2.44. The fourth-order valence-corrected chi connectivity index (χ4v) is 4.45. The lowest BCUT2D eigenvalue weighted by molar-refractivity contribution is -0.120. The van der Waals surface area contributed by atoms with E-state index in [9.17, 15) is 4.79 Å². The predicted octanol–water partition coefficient (Wildman–Crippen LogP) is 4.85. The van der Waals surface area contributed by atoms with Crippen LogP contribution in [0.5, 0.6) is 5.88 Å². The summed E-state index contributed by atoms with van der Waals surface area (Å²) in [5.41, 5.74) is 3.20. The average molecular weight is 413 g/mol. The minimum absolute atomic E-state index is 0.0126. The van der Waals surface area contributed by atoms with Gasteiger partial charge in [0.15, 0.2) is 5.69 Å². The number of para-hydroxylation sites is 1. The number of nitrogens with zero attached hydrogens (tertiary/aromatic N) is 4. The summed E-state index contributed by atoms with van der Waals surface area (Å²) in [7, 11) is 0. The third-order valence-corrected chi connectivity index (χ3v) is 6.14. The molecule has 2 aromatic heterocycles. The number of anilines is 1. The Balaban J connectivity index is 1.97. The zero-order valence-electron chi connectivity index (χ0n) is 15.9. The molecule has 0 aliphatic carbocycles. The first kappa shape index (κ1) is 18.9. The molecule has 3 heterocycles. The van der Waals surface area contributed by atoms with Crippen molar-refractivity contribution in [1.29, 1.82) is 0 Å². The van der Waals surface area contributed by atoms with E-state index in [1.54, 1.807) is 16.2 Å². The average Bonchev–Trinajstić information content (AvgIpc) is 3.07. The van der Waals surface area contributed by atoms with Gasteiger partial charge in [-0.05, 0) is 42.7 Å². The first-order valence-electron chi connectivity index (χ1n) is 9.04. The number of amides is 1. The fourth-order valence-electron chi connectivity index (χ4n) is 3.21. The van der Waals surface area contributed by atoms with Crippen molar-refractivity contribution >= 4 is 34.7 Å². The van der Waals surface area contributed by atoms with Crippen molar-refractivity contribution in [2.75, 3.05) is 11.2 Å². The molecule has 144 valence electrons. The molecular weight excluding hydrogens is 392 g/mol. The van der Waals surface area contributed by atoms with Crippen LogP contribution in [0.4, 0.5) is 5.69 Å². The van der Waals surface area contributed by atoms with Crippen LogP contribution in [-0.2, 0) is 4.79 Å². The second kappa shape index (κ2) is 7.89. The molecule has 0 N–H and O–H groups in total. The van der Waals surface area contributed by atoms with Gasteiger partial charge in [0.2, 0.25) is 23.2 Å². The number of rotatable bonds is 4. The molecule has 0 spiro atoms. The minimum Gasteiger partial charge on any atom is -0.446 e. The van der Waals surface area contributed by atoms with E-state index in [2.05, 4.69) is 15.2 Å². The van der Waals surface area contributed by atoms with Gasteiger partial charge in [0.25, 0.3) is 0 Å². The molecule has 28 heavy (non-hydrogen) atoms. The molecule has 0 radical (unpaired) electrons. The number of hydrogen-bond donors (Lipinski definition) is 0. The normalized spacial score (nSPS) is 15.4. The first-order chi connectivity index (χ1) is 13.6. The maximum atomic E-state index is 13.2. The Morgan fingerprint density at radius 2 is 2.11 bits per heavy atom. The molecule has 4 rings (SSSR count). The third kappa shape index (κ3) is 3.27. The molecular formula is C20H20N4O2S2. The number of aryl methyl sites for hydroxylation is 1. The van der Waals surface area contributed by atoms with Crippen molar-refractivity contribution in [2.24, 2.45) is 0 Å². The van der Waals surface area contributed by atoms with Gasteiger partial charge in [0.05, 0.1) is 10.6 Å². The molecule has 1 aliphatic heterocycles. The van der Waals surface area contributed by atoms with Crippen LogP contribution in [0.1, 0.15) is 36.4 Å². The maximum absolute atomic E-state index is 13.2. The third-order valence-electron chi connectivity index (χ3n) is 4.55. The Morgan fingerprint density at radius 3 is 2.82 bits per heavy atom. The van der Waals surface area contributed by atoms with E-state index in [0.717, 1.165) is 28.1 Å². The summed E-state index contributed by atoms with van der Waals surface area (Å²) in [6.07, 6.45) is 2.50. The number of benzene rings is 1. The molecule has 1 aliphatic rings. The summed E-state index contributed by atoms with van der Waals surface area (Å²) in [6, 6.07) is 9.75. The van der Waals surface area contributed by atoms with Crippen molar-refractivity contribution < 1.29 is 9.53 Å². The monoisotopic (exact) mass is 412 g/mol. The molecule has 1 atom stereocenters. The van der Waals surface area contributed by atoms with Crippen LogP contribution in [0.2, 0.25) is 0 Å². The van der Waals surface area contributed by atoms with Gasteiger partial charge in [-0.15, -0.1) is 21.5 Å². The smallest absolute Gasteiger partial charge is 0.247 e. The van der Waals surface area contributed by atoms with Crippen LogP contribution in [0.25, 0.3) is 11.3 Å². The lowest BCUT2D eigenvalue weighted by Crippen LogP contribution is -2.37. The Labute approximate surface area is 172 Å². The molecule has 0 fully saturated rings. The van der Waals surface area contributed by atoms with E-state index in [1.165, 1.54) is 11.8 Å². The second-order valence-corrected chi connectivity index (χ2v) is 8.14. The largest absolute Gasteiger partial charge is 0.446 e. The Kier molecular flexibility index (Phi) is 5.32. The van der Waals surface area contributed by atoms with Gasteiger partial charge in [-0.25, -0.2) is 0 Å². The second-order valence-electron chi connectivity index (χ2n) is 6.42. The van der Waals surface area contributed by atoms with Crippen LogP contribution in [0, 0.1) is 6.92 Å². The number of fused-ring (bicyclic) bond motifs is 3. The van der Waals surface area contributed by atoms with Gasteiger partial charge in [0, 0.05) is 12.0 Å². The lowest BCUT2D eigenvalue weighted by atomic mass is 10.1. The van der Waals surface area contributed by atoms with Crippen molar-refractivity contribution in [3.8, 4) is 17.1 Å². The van der Waals surface area contributed by atoms with Crippen molar-refractivity contribution in [3.05, 3.63) is 46.2 Å². The number of aromatic nitrogens is 3. The molecule has 1 amide bonds. The first-order valence-corrected chi connectivity index (χ1v) is 11.1. The highest BCUT2D eigenvalue weighted by atomic mass is 32.2. The van der Waals surface area contributed by atoms with E-state index < -0.39 is 6.23 Å². The number of ether oxygens (including phenoxy) is 1. The molecule has 0 saturated heterocycles. The predicted molar refractivity (Wildman–Crippen MR) is 112 cm³/mol. The SMILES string of the molecule is CCCC(=O)N1c2ccccc2-c2nnc(SC)nc2O[C@H]1c1sccc1C. The van der Waals surface area contributed by atoms with Crippen LogP contribution < -0.4 is 9.64 Å². The van der Waals surface area contributed by atoms with Crippen molar-refractivity contribution in [3.63, 3.8) is 0 Å². The molecule has 8 heteroatoms. The molecule has 0 unspecified atom stereocenters. The van der Waals surface area contributed by atoms with E-state index in [1.807, 2.05) is 55.8 Å². The quantitative estimate of drug-likeness (QED) is 0.570. The highest BCUT2D eigenvalue weighted by molar-refractivity contribution is 7.98. The minimum atomic E-state index is -0.590. The summed E-state index contributed by atoms with van der Waals surface area (Å²) in [5.74, 6) is 0.412. The van der Waals surface area contributed by atoms with E-state index >= 15 is 0 Å². The maximum Gasteiger partial charge on any atom is 0.247 e. The molecule has 3 aromatic rings. The number of hydrogen-bond acceptors (Lipinski definition) is 7. The molecule has 0 bridgehead atoms. The molecule has 0 saturated carbocycles. The Bertz CT molecular complexity index is 1020. The zero-order valence-corrected chi connectivity index (χ0v) is 17.5. The number of carbonyl (C=O) groups is 1. The Morgan fingerprint density at radius 1 is 1.29 bits per heavy atom. The van der Waals surface area contributed by atoms with Gasteiger partial charge < -0.3 is 4.74 Å². The van der Waals surface area contributed by atoms with Gasteiger partial charge in [0.1, 0.15) is 0 Å². The summed E-state index contributed by atoms with van der Waals surface area (Å²) < 4.78 is 6.38. The van der Waals surface area contributed by atoms with Crippen molar-refractivity contribution in [2.45, 2.75) is 38.1 Å². The van der Waals surface area contributed by atoms with Crippen LogP contribution in [0.3, 0.4) is 0 Å². The summed E-state index contributed by atoms with van der Waals surface area (Å²) in [4.78, 5) is 20.5. The molecule has 6 nitrogen and oxygen atoms in total. The van der Waals surface area contributed by atoms with Gasteiger partial charge in [-0.2, -0.15) is 4.98 Å². The summed E-state index contributed by atoms with van der Waals surface area (Å²) >= 11 is 2.98. The van der Waals surface area contributed by atoms with Gasteiger partial charge in [-0.3, -0.25) is 9.69 Å². The van der Waals surface area contributed by atoms with E-state index in [-0.39, 0.29) is 5.91 Å². The summed E-state index contributed by atoms with van der Waals surface area (Å²) in [5, 5.41) is 11.1. The van der Waals surface area contributed by atoms with Gasteiger partial charge in [-0.1, -0.05) is 36.9 Å². The topological polar surface area (TPSA) is 68.2 Å². The van der Waals surface area contributed by atoms with Crippen LogP contribution >= 0.6 is 23.1 Å². The lowest BCUT2D eigenvalue weighted by Gasteiger charge is -2.30. The number of carbonyl (C=O) groups excluding carboxylic acids is 1. The molecule has 1 aromatic carbocycles. The fraction of sp³-hybridized carbons (Fsp3) is 0.300. The summed E-state index contributed by atoms with van der Waals surface area (Å²) in [6.45, 7) is 4.03. The number of thioether (sulfide) groups is 1. The van der Waals surface area contributed by atoms with Crippen molar-refractivity contribution in [1.82, 2.24) is 15.2 Å². The Hall–Kier alpha value is -2.45. The van der Waals surface area contributed by atoms with Gasteiger partial charge >= 0.3 is 0 Å².